The molecule has 16 heavy (non-hydrogen) atoms. The zero-order chi connectivity index (χ0) is 11.9. The summed E-state index contributed by atoms with van der Waals surface area (Å²) >= 11 is 0. The molecule has 84 valence electrons. The van der Waals surface area contributed by atoms with Gasteiger partial charge in [-0.3, -0.25) is 9.59 Å². The van der Waals surface area contributed by atoms with Crippen molar-refractivity contribution in [3.8, 4) is 0 Å². The third kappa shape index (κ3) is 1.30. The quantitative estimate of drug-likeness (QED) is 0.669. The van der Waals surface area contributed by atoms with E-state index in [2.05, 4.69) is 0 Å². The minimum Gasteiger partial charge on any atom is -0.272 e. The van der Waals surface area contributed by atoms with E-state index in [9.17, 15) is 9.59 Å². The predicted octanol–water partition coefficient (Wildman–Crippen LogP) is 1.43. The van der Waals surface area contributed by atoms with Gasteiger partial charge in [0, 0.05) is 7.05 Å². The van der Waals surface area contributed by atoms with Crippen LogP contribution >= 0.6 is 0 Å². The number of rotatable bonds is 1. The smallest absolute Gasteiger partial charge is 0.261 e. The first kappa shape index (κ1) is 10.7. The molecule has 4 nitrogen and oxygen atoms in total. The molecule has 1 aromatic carbocycles. The van der Waals surface area contributed by atoms with Gasteiger partial charge in [-0.15, -0.1) is 0 Å². The van der Waals surface area contributed by atoms with E-state index in [1.807, 2.05) is 30.3 Å². The third-order valence-electron chi connectivity index (χ3n) is 2.86. The Balaban J connectivity index is 2.45. The fourth-order valence-electron chi connectivity index (χ4n) is 1.85. The first-order valence-electron chi connectivity index (χ1n) is 5.14. The maximum absolute atomic E-state index is 12.1. The van der Waals surface area contributed by atoms with E-state index in [4.69, 9.17) is 0 Å². The molecule has 2 rings (SSSR count). The summed E-state index contributed by atoms with van der Waals surface area (Å²) < 4.78 is 0. The van der Waals surface area contributed by atoms with Crippen molar-refractivity contribution >= 4 is 17.5 Å². The summed E-state index contributed by atoms with van der Waals surface area (Å²) in [5, 5.41) is 2.79. The average molecular weight is 218 g/mol. The second-order valence-corrected chi connectivity index (χ2v) is 4.41. The highest BCUT2D eigenvalue weighted by Gasteiger charge is 2.51. The zero-order valence-corrected chi connectivity index (χ0v) is 9.60. The molecule has 1 aliphatic heterocycles. The number of nitrogens with zero attached hydrogens (tertiary/aromatic N) is 2. The molecular weight excluding hydrogens is 204 g/mol. The van der Waals surface area contributed by atoms with Gasteiger partial charge in [0.2, 0.25) is 0 Å². The Bertz CT molecular complexity index is 440. The minimum absolute atomic E-state index is 0.179. The molecule has 1 aromatic rings. The number of hydrogen-bond acceptors (Lipinski definition) is 2. The van der Waals surface area contributed by atoms with Crippen molar-refractivity contribution < 1.29 is 9.59 Å². The van der Waals surface area contributed by atoms with Crippen LogP contribution in [0, 0.1) is 5.41 Å². The van der Waals surface area contributed by atoms with Crippen molar-refractivity contribution in [1.82, 2.24) is 5.01 Å². The lowest BCUT2D eigenvalue weighted by Gasteiger charge is -2.23. The standard InChI is InChI=1S/C12H14N2O2/c1-12(2)10(15)13(3)14(11(12)16)9-7-5-4-6-8-9/h4-8H,1-3H3. The van der Waals surface area contributed by atoms with Crippen LogP contribution in [0.4, 0.5) is 5.69 Å². The first-order chi connectivity index (χ1) is 7.46. The van der Waals surface area contributed by atoms with Gasteiger partial charge in [-0.1, -0.05) is 18.2 Å². The molecule has 0 atom stereocenters. The summed E-state index contributed by atoms with van der Waals surface area (Å²) in [7, 11) is 1.61. The lowest BCUT2D eigenvalue weighted by atomic mass is 9.93. The van der Waals surface area contributed by atoms with Crippen LogP contribution in [0.3, 0.4) is 0 Å². The Morgan fingerprint density at radius 1 is 1.00 bits per heavy atom. The topological polar surface area (TPSA) is 40.6 Å². The van der Waals surface area contributed by atoms with Crippen LogP contribution < -0.4 is 5.01 Å². The minimum atomic E-state index is -0.968. The molecule has 2 amide bonds. The summed E-state index contributed by atoms with van der Waals surface area (Å²) in [5.41, 5.74) is -0.251. The number of para-hydroxylation sites is 1. The first-order valence-corrected chi connectivity index (χ1v) is 5.14. The molecule has 0 bridgehead atoms. The predicted molar refractivity (Wildman–Crippen MR) is 60.5 cm³/mol. The number of carbonyl (C=O) groups is 2. The van der Waals surface area contributed by atoms with Crippen molar-refractivity contribution in [2.45, 2.75) is 13.8 Å². The molecule has 4 heteroatoms. The highest BCUT2D eigenvalue weighted by molar-refractivity contribution is 6.17. The molecule has 0 N–H and O–H groups in total. The summed E-state index contributed by atoms with van der Waals surface area (Å²) in [6, 6.07) is 9.17. The summed E-state index contributed by atoms with van der Waals surface area (Å²) in [4.78, 5) is 24.0. The number of carbonyl (C=O) groups excluding carboxylic acids is 2. The number of hydrazine groups is 1. The van der Waals surface area contributed by atoms with Crippen LogP contribution in [0.5, 0.6) is 0 Å². The van der Waals surface area contributed by atoms with E-state index in [0.29, 0.717) is 5.69 Å². The Morgan fingerprint density at radius 3 is 2.00 bits per heavy atom. The molecule has 0 aliphatic carbocycles. The van der Waals surface area contributed by atoms with Crippen LogP contribution in [0.2, 0.25) is 0 Å². The van der Waals surface area contributed by atoms with Gasteiger partial charge < -0.3 is 0 Å². The van der Waals surface area contributed by atoms with Gasteiger partial charge in [0.05, 0.1) is 5.69 Å². The fourth-order valence-corrected chi connectivity index (χ4v) is 1.85. The van der Waals surface area contributed by atoms with E-state index in [0.717, 1.165) is 0 Å². The molecule has 0 aromatic heterocycles. The van der Waals surface area contributed by atoms with Gasteiger partial charge in [-0.05, 0) is 26.0 Å². The van der Waals surface area contributed by atoms with E-state index < -0.39 is 5.41 Å². The van der Waals surface area contributed by atoms with E-state index >= 15 is 0 Å². The largest absolute Gasteiger partial charge is 0.272 e. The summed E-state index contributed by atoms with van der Waals surface area (Å²) in [6.45, 7) is 3.30. The van der Waals surface area contributed by atoms with Crippen molar-refractivity contribution in [3.63, 3.8) is 0 Å². The molecule has 0 radical (unpaired) electrons. The third-order valence-corrected chi connectivity index (χ3v) is 2.86. The van der Waals surface area contributed by atoms with Crippen LogP contribution in [-0.2, 0) is 9.59 Å². The molecule has 1 fully saturated rings. The van der Waals surface area contributed by atoms with Crippen LogP contribution in [-0.4, -0.2) is 23.9 Å². The van der Waals surface area contributed by atoms with Gasteiger partial charge in [0.15, 0.2) is 0 Å². The summed E-state index contributed by atoms with van der Waals surface area (Å²) in [6.07, 6.45) is 0. The molecular formula is C12H14N2O2. The van der Waals surface area contributed by atoms with Gasteiger partial charge in [-0.2, -0.15) is 0 Å². The molecule has 0 spiro atoms. The van der Waals surface area contributed by atoms with E-state index in [1.54, 1.807) is 20.9 Å². The Kier molecular flexibility index (Phi) is 2.22. The maximum Gasteiger partial charge on any atom is 0.261 e. The Morgan fingerprint density at radius 2 is 1.56 bits per heavy atom. The lowest BCUT2D eigenvalue weighted by molar-refractivity contribution is -0.136. The van der Waals surface area contributed by atoms with Crippen LogP contribution in [0.25, 0.3) is 0 Å². The van der Waals surface area contributed by atoms with Crippen molar-refractivity contribution in [2.75, 3.05) is 12.1 Å². The Hall–Kier alpha value is -1.84. The Labute approximate surface area is 94.4 Å². The summed E-state index contributed by atoms with van der Waals surface area (Å²) in [5.74, 6) is -0.368. The number of benzene rings is 1. The number of anilines is 1. The van der Waals surface area contributed by atoms with E-state index in [1.165, 1.54) is 10.0 Å². The normalized spacial score (nSPS) is 19.4. The van der Waals surface area contributed by atoms with Gasteiger partial charge in [-0.25, -0.2) is 10.0 Å². The number of amides is 2. The van der Waals surface area contributed by atoms with Gasteiger partial charge in [0.25, 0.3) is 11.8 Å². The molecule has 1 heterocycles. The molecule has 0 saturated carbocycles. The van der Waals surface area contributed by atoms with Crippen LogP contribution in [0.1, 0.15) is 13.8 Å². The van der Waals surface area contributed by atoms with E-state index in [-0.39, 0.29) is 11.8 Å². The molecule has 1 saturated heterocycles. The monoisotopic (exact) mass is 218 g/mol. The van der Waals surface area contributed by atoms with Gasteiger partial charge in [0.1, 0.15) is 5.41 Å². The second-order valence-electron chi connectivity index (χ2n) is 4.41. The number of hydrogen-bond donors (Lipinski definition) is 0. The maximum atomic E-state index is 12.1. The highest BCUT2D eigenvalue weighted by atomic mass is 16.2. The molecule has 1 aliphatic rings. The van der Waals surface area contributed by atoms with Crippen molar-refractivity contribution in [1.29, 1.82) is 0 Å². The zero-order valence-electron chi connectivity index (χ0n) is 9.60. The van der Waals surface area contributed by atoms with Crippen molar-refractivity contribution in [3.05, 3.63) is 30.3 Å². The second kappa shape index (κ2) is 3.33. The van der Waals surface area contributed by atoms with Gasteiger partial charge >= 0.3 is 0 Å². The fraction of sp³-hybridized carbons (Fsp3) is 0.333. The average Bonchev–Trinajstić information content (AvgIpc) is 2.42. The molecule has 0 unspecified atom stereocenters. The lowest BCUT2D eigenvalue weighted by Crippen LogP contribution is -2.37. The van der Waals surface area contributed by atoms with Crippen LogP contribution in [0.15, 0.2) is 30.3 Å². The highest BCUT2D eigenvalue weighted by Crippen LogP contribution is 2.33. The SMILES string of the molecule is CN1C(=O)C(C)(C)C(=O)N1c1ccccc1. The van der Waals surface area contributed by atoms with Crippen molar-refractivity contribution in [2.24, 2.45) is 5.41 Å².